The van der Waals surface area contributed by atoms with Gasteiger partial charge in [-0.15, -0.1) is 0 Å². The SMILES string of the molecule is C[C@H]1CCC(c2ccc(CCN(C)C)c(Cl)c2)=NC1. The van der Waals surface area contributed by atoms with E-state index in [-0.39, 0.29) is 0 Å². The largest absolute Gasteiger partial charge is 0.309 e. The zero-order valence-electron chi connectivity index (χ0n) is 12.1. The first kappa shape index (κ1) is 14.5. The molecule has 19 heavy (non-hydrogen) atoms. The van der Waals surface area contributed by atoms with E-state index in [1.807, 2.05) is 0 Å². The Morgan fingerprint density at radius 1 is 1.37 bits per heavy atom. The summed E-state index contributed by atoms with van der Waals surface area (Å²) in [4.78, 5) is 6.85. The molecule has 0 unspecified atom stereocenters. The van der Waals surface area contributed by atoms with Gasteiger partial charge in [0.05, 0.1) is 0 Å². The first-order valence-corrected chi connectivity index (χ1v) is 7.41. The average Bonchev–Trinajstić information content (AvgIpc) is 2.38. The van der Waals surface area contributed by atoms with Crippen molar-refractivity contribution in [1.29, 1.82) is 0 Å². The Kier molecular flexibility index (Phi) is 5.00. The molecular formula is C16H23ClN2. The molecule has 0 saturated heterocycles. The van der Waals surface area contributed by atoms with E-state index in [1.54, 1.807) is 0 Å². The van der Waals surface area contributed by atoms with Gasteiger partial charge in [-0.2, -0.15) is 0 Å². The van der Waals surface area contributed by atoms with Crippen LogP contribution >= 0.6 is 11.6 Å². The van der Waals surface area contributed by atoms with E-state index in [1.165, 1.54) is 23.3 Å². The fraction of sp³-hybridized carbons (Fsp3) is 0.562. The number of rotatable bonds is 4. The summed E-state index contributed by atoms with van der Waals surface area (Å²) >= 11 is 6.39. The van der Waals surface area contributed by atoms with Gasteiger partial charge in [0.25, 0.3) is 0 Å². The second kappa shape index (κ2) is 6.53. The molecule has 2 rings (SSSR count). The van der Waals surface area contributed by atoms with E-state index in [0.717, 1.165) is 36.9 Å². The van der Waals surface area contributed by atoms with Gasteiger partial charge in [0.2, 0.25) is 0 Å². The Morgan fingerprint density at radius 2 is 2.16 bits per heavy atom. The molecule has 0 saturated carbocycles. The fourth-order valence-electron chi connectivity index (χ4n) is 2.33. The van der Waals surface area contributed by atoms with Crippen LogP contribution in [0, 0.1) is 5.92 Å². The van der Waals surface area contributed by atoms with Crippen molar-refractivity contribution in [3.8, 4) is 0 Å². The number of aliphatic imine (C=N–C) groups is 1. The Hall–Kier alpha value is -0.860. The summed E-state index contributed by atoms with van der Waals surface area (Å²) in [6.07, 6.45) is 3.31. The minimum Gasteiger partial charge on any atom is -0.309 e. The van der Waals surface area contributed by atoms with Crippen LogP contribution in [0.2, 0.25) is 5.02 Å². The van der Waals surface area contributed by atoms with Gasteiger partial charge in [0.15, 0.2) is 0 Å². The molecule has 1 aliphatic rings. The van der Waals surface area contributed by atoms with Crippen molar-refractivity contribution in [3.63, 3.8) is 0 Å². The molecule has 1 aromatic carbocycles. The lowest BCUT2D eigenvalue weighted by Crippen LogP contribution is -2.16. The Labute approximate surface area is 121 Å². The molecule has 0 spiro atoms. The molecule has 0 N–H and O–H groups in total. The first-order chi connectivity index (χ1) is 9.06. The minimum absolute atomic E-state index is 0.721. The number of likely N-dealkylation sites (N-methyl/N-ethyl adjacent to an activating group) is 1. The van der Waals surface area contributed by atoms with Crippen molar-refractivity contribution in [3.05, 3.63) is 34.3 Å². The van der Waals surface area contributed by atoms with Crippen LogP contribution in [0.3, 0.4) is 0 Å². The van der Waals surface area contributed by atoms with Gasteiger partial charge in [-0.05, 0) is 56.5 Å². The number of benzene rings is 1. The summed E-state index contributed by atoms with van der Waals surface area (Å²) in [6.45, 7) is 4.24. The van der Waals surface area contributed by atoms with Gasteiger partial charge in [0.1, 0.15) is 0 Å². The van der Waals surface area contributed by atoms with Crippen LogP contribution in [-0.2, 0) is 6.42 Å². The average molecular weight is 279 g/mol. The van der Waals surface area contributed by atoms with Gasteiger partial charge in [0, 0.05) is 23.8 Å². The maximum Gasteiger partial charge on any atom is 0.0445 e. The van der Waals surface area contributed by atoms with Crippen molar-refractivity contribution in [2.75, 3.05) is 27.2 Å². The molecular weight excluding hydrogens is 256 g/mol. The molecule has 3 heteroatoms. The Balaban J connectivity index is 2.10. The predicted octanol–water partition coefficient (Wildman–Crippen LogP) is 3.66. The first-order valence-electron chi connectivity index (χ1n) is 7.03. The zero-order valence-corrected chi connectivity index (χ0v) is 12.9. The lowest BCUT2D eigenvalue weighted by atomic mass is 9.95. The molecule has 0 amide bonds. The molecule has 0 radical (unpaired) electrons. The van der Waals surface area contributed by atoms with Crippen LogP contribution in [0.4, 0.5) is 0 Å². The number of nitrogens with zero attached hydrogens (tertiary/aromatic N) is 2. The summed E-state index contributed by atoms with van der Waals surface area (Å²) < 4.78 is 0. The van der Waals surface area contributed by atoms with Crippen molar-refractivity contribution in [2.45, 2.75) is 26.2 Å². The number of hydrogen-bond acceptors (Lipinski definition) is 2. The number of halogens is 1. The molecule has 1 aliphatic heterocycles. The predicted molar refractivity (Wildman–Crippen MR) is 83.5 cm³/mol. The van der Waals surface area contributed by atoms with Crippen molar-refractivity contribution in [1.82, 2.24) is 4.90 Å². The number of hydrogen-bond donors (Lipinski definition) is 0. The van der Waals surface area contributed by atoms with Crippen LogP contribution in [0.5, 0.6) is 0 Å². The molecule has 0 aromatic heterocycles. The molecule has 1 atom stereocenters. The van der Waals surface area contributed by atoms with Crippen molar-refractivity contribution >= 4 is 17.3 Å². The highest BCUT2D eigenvalue weighted by atomic mass is 35.5. The van der Waals surface area contributed by atoms with Crippen LogP contribution in [0.25, 0.3) is 0 Å². The van der Waals surface area contributed by atoms with Gasteiger partial charge in [-0.25, -0.2) is 0 Å². The van der Waals surface area contributed by atoms with Crippen LogP contribution in [0.1, 0.15) is 30.9 Å². The standard InChI is InChI=1S/C16H23ClN2/c1-12-4-7-16(18-11-12)14-6-5-13(15(17)10-14)8-9-19(2)3/h5-6,10,12H,4,7-9,11H2,1-3H3/t12-/m0/s1. The highest BCUT2D eigenvalue weighted by molar-refractivity contribution is 6.31. The molecule has 2 nitrogen and oxygen atoms in total. The molecule has 0 aliphatic carbocycles. The third-order valence-corrected chi connectivity index (χ3v) is 4.03. The highest BCUT2D eigenvalue weighted by Crippen LogP contribution is 2.23. The van der Waals surface area contributed by atoms with Gasteiger partial charge in [-0.1, -0.05) is 30.7 Å². The normalized spacial score (nSPS) is 19.6. The van der Waals surface area contributed by atoms with E-state index < -0.39 is 0 Å². The third kappa shape index (κ3) is 4.05. The van der Waals surface area contributed by atoms with Crippen LogP contribution in [0.15, 0.2) is 23.2 Å². The second-order valence-corrected chi connectivity index (χ2v) is 6.20. The maximum atomic E-state index is 6.39. The quantitative estimate of drug-likeness (QED) is 0.821. The molecule has 0 fully saturated rings. The molecule has 1 aromatic rings. The van der Waals surface area contributed by atoms with E-state index in [2.05, 4.69) is 49.1 Å². The maximum absolute atomic E-state index is 6.39. The van der Waals surface area contributed by atoms with Crippen LogP contribution in [-0.4, -0.2) is 37.8 Å². The Morgan fingerprint density at radius 3 is 2.74 bits per heavy atom. The fourth-order valence-corrected chi connectivity index (χ4v) is 2.60. The summed E-state index contributed by atoms with van der Waals surface area (Å²) in [6, 6.07) is 6.41. The summed E-state index contributed by atoms with van der Waals surface area (Å²) in [5.74, 6) is 0.721. The summed E-state index contributed by atoms with van der Waals surface area (Å²) in [5.41, 5.74) is 3.65. The van der Waals surface area contributed by atoms with E-state index in [9.17, 15) is 0 Å². The summed E-state index contributed by atoms with van der Waals surface area (Å²) in [7, 11) is 4.17. The molecule has 1 heterocycles. The minimum atomic E-state index is 0.721. The zero-order chi connectivity index (χ0) is 13.8. The van der Waals surface area contributed by atoms with E-state index in [4.69, 9.17) is 11.6 Å². The van der Waals surface area contributed by atoms with Gasteiger partial charge < -0.3 is 4.90 Å². The Bertz CT molecular complexity index is 466. The molecule has 104 valence electrons. The highest BCUT2D eigenvalue weighted by Gasteiger charge is 2.14. The van der Waals surface area contributed by atoms with Gasteiger partial charge >= 0.3 is 0 Å². The van der Waals surface area contributed by atoms with Gasteiger partial charge in [-0.3, -0.25) is 4.99 Å². The van der Waals surface area contributed by atoms with Crippen LogP contribution < -0.4 is 0 Å². The summed E-state index contributed by atoms with van der Waals surface area (Å²) in [5, 5.41) is 0.876. The van der Waals surface area contributed by atoms with E-state index >= 15 is 0 Å². The monoisotopic (exact) mass is 278 g/mol. The second-order valence-electron chi connectivity index (χ2n) is 5.79. The van der Waals surface area contributed by atoms with Crippen molar-refractivity contribution < 1.29 is 0 Å². The van der Waals surface area contributed by atoms with E-state index in [0.29, 0.717) is 0 Å². The smallest absolute Gasteiger partial charge is 0.0445 e. The lowest BCUT2D eigenvalue weighted by Gasteiger charge is -2.18. The third-order valence-electron chi connectivity index (χ3n) is 3.68. The van der Waals surface area contributed by atoms with Crippen molar-refractivity contribution in [2.24, 2.45) is 10.9 Å². The lowest BCUT2D eigenvalue weighted by molar-refractivity contribution is 0.413. The topological polar surface area (TPSA) is 15.6 Å². The molecule has 0 bridgehead atoms.